The lowest BCUT2D eigenvalue weighted by atomic mass is 9.48. The predicted molar refractivity (Wildman–Crippen MR) is 181 cm³/mol. The molecule has 1 amide bonds. The smallest absolute Gasteiger partial charge is 0.308 e. The first-order valence-electron chi connectivity index (χ1n) is 16.9. The second-order valence-electron chi connectivity index (χ2n) is 13.8. The zero-order valence-electron chi connectivity index (χ0n) is 28.3. The van der Waals surface area contributed by atoms with E-state index in [1.165, 1.54) is 25.0 Å². The van der Waals surface area contributed by atoms with Gasteiger partial charge in [0.2, 0.25) is 0 Å². The molecule has 0 radical (unpaired) electrons. The molecule has 1 saturated heterocycles. The van der Waals surface area contributed by atoms with Crippen LogP contribution >= 0.6 is 0 Å². The van der Waals surface area contributed by atoms with E-state index < -0.39 is 23.1 Å². The van der Waals surface area contributed by atoms with E-state index >= 15 is 0 Å². The van der Waals surface area contributed by atoms with Crippen molar-refractivity contribution in [1.29, 1.82) is 0 Å². The van der Waals surface area contributed by atoms with Crippen LogP contribution in [0, 0.1) is 25.7 Å². The molecule has 5 atom stereocenters. The van der Waals surface area contributed by atoms with Crippen molar-refractivity contribution in [3.8, 4) is 23.3 Å². The van der Waals surface area contributed by atoms with Gasteiger partial charge in [0, 0.05) is 44.5 Å². The number of esters is 2. The second-order valence-corrected chi connectivity index (χ2v) is 13.8. The number of hydrogen-bond acceptors (Lipinski definition) is 7. The Morgan fingerprint density at radius 2 is 1.79 bits per heavy atom. The third kappa shape index (κ3) is 5.07. The molecule has 2 fully saturated rings. The number of ether oxygens (including phenoxy) is 3. The van der Waals surface area contributed by atoms with Crippen LogP contribution in [0.1, 0.15) is 66.5 Å². The van der Waals surface area contributed by atoms with Crippen molar-refractivity contribution < 1.29 is 28.6 Å². The van der Waals surface area contributed by atoms with E-state index in [1.807, 2.05) is 50.2 Å². The van der Waals surface area contributed by atoms with E-state index in [1.54, 1.807) is 11.9 Å². The SMILES string of the molecule is CC(=O)Oc1ccc2c3c1O[C@H]1[C@H](N(C)C(=O)C#Cc4ccc(C)c(C)c4)CC[C@@]4(OC(C)=O)[C@@H](C2)N(CCc2ccccc2)CC[C@]314. The lowest BCUT2D eigenvalue weighted by Gasteiger charge is -2.65. The Kier molecular flexibility index (Phi) is 8.07. The highest BCUT2D eigenvalue weighted by Gasteiger charge is 2.75. The maximum atomic E-state index is 13.7. The molecule has 3 aromatic rings. The first-order valence-corrected chi connectivity index (χ1v) is 16.9. The van der Waals surface area contributed by atoms with Crippen molar-refractivity contribution in [1.82, 2.24) is 9.80 Å². The Morgan fingerprint density at radius 1 is 1.00 bits per heavy atom. The third-order valence-corrected chi connectivity index (χ3v) is 11.2. The van der Waals surface area contributed by atoms with Gasteiger partial charge in [-0.2, -0.15) is 0 Å². The molecule has 4 aliphatic rings. The summed E-state index contributed by atoms with van der Waals surface area (Å²) in [6.07, 6.45) is 2.79. The number of carbonyl (C=O) groups excluding carboxylic acids is 3. The highest BCUT2D eigenvalue weighted by Crippen LogP contribution is 2.67. The van der Waals surface area contributed by atoms with Gasteiger partial charge < -0.3 is 19.1 Å². The normalized spacial score (nSPS) is 26.3. The number of piperidine rings is 1. The van der Waals surface area contributed by atoms with Gasteiger partial charge >= 0.3 is 11.9 Å². The van der Waals surface area contributed by atoms with E-state index in [0.29, 0.717) is 37.2 Å². The molecule has 3 aromatic carbocycles. The van der Waals surface area contributed by atoms with Crippen molar-refractivity contribution in [2.75, 3.05) is 20.1 Å². The number of likely N-dealkylation sites (N-methyl/N-ethyl adjacent to an activating group) is 1. The van der Waals surface area contributed by atoms with Crippen LogP contribution in [0.3, 0.4) is 0 Å². The van der Waals surface area contributed by atoms with E-state index in [4.69, 9.17) is 14.2 Å². The van der Waals surface area contributed by atoms with Crippen molar-refractivity contribution in [3.05, 3.63) is 94.0 Å². The molecule has 248 valence electrons. The molecule has 2 aliphatic carbocycles. The second kappa shape index (κ2) is 12.1. The Balaban J connectivity index is 1.30. The summed E-state index contributed by atoms with van der Waals surface area (Å²) in [6.45, 7) is 8.53. The lowest BCUT2D eigenvalue weighted by molar-refractivity contribution is -0.223. The topological polar surface area (TPSA) is 85.4 Å². The molecule has 2 aliphatic heterocycles. The first-order chi connectivity index (χ1) is 23.0. The molecule has 7 rings (SSSR count). The molecule has 2 bridgehead atoms. The van der Waals surface area contributed by atoms with Crippen LogP contribution in [0.4, 0.5) is 0 Å². The van der Waals surface area contributed by atoms with Gasteiger partial charge in [0.15, 0.2) is 11.5 Å². The zero-order valence-corrected chi connectivity index (χ0v) is 28.3. The summed E-state index contributed by atoms with van der Waals surface area (Å²) in [5.41, 5.74) is 4.76. The summed E-state index contributed by atoms with van der Waals surface area (Å²) in [5.74, 6) is 5.73. The number of likely N-dealkylation sites (tertiary alicyclic amines) is 1. The van der Waals surface area contributed by atoms with Gasteiger partial charge in [-0.1, -0.05) is 48.4 Å². The van der Waals surface area contributed by atoms with Crippen molar-refractivity contribution >= 4 is 17.8 Å². The molecular weight excluding hydrogens is 604 g/mol. The molecule has 0 N–H and O–H groups in total. The van der Waals surface area contributed by atoms with E-state index in [-0.39, 0.29) is 24.0 Å². The summed E-state index contributed by atoms with van der Waals surface area (Å²) in [4.78, 5) is 43.2. The van der Waals surface area contributed by atoms with E-state index in [2.05, 4.69) is 41.0 Å². The largest absolute Gasteiger partial charge is 0.483 e. The summed E-state index contributed by atoms with van der Waals surface area (Å²) in [5, 5.41) is 0. The van der Waals surface area contributed by atoms with E-state index in [9.17, 15) is 14.4 Å². The Hall–Kier alpha value is -4.61. The van der Waals surface area contributed by atoms with Crippen LogP contribution in [-0.2, 0) is 37.4 Å². The third-order valence-electron chi connectivity index (χ3n) is 11.2. The van der Waals surface area contributed by atoms with Crippen LogP contribution in [0.15, 0.2) is 60.7 Å². The average molecular weight is 647 g/mol. The summed E-state index contributed by atoms with van der Waals surface area (Å²) < 4.78 is 19.2. The summed E-state index contributed by atoms with van der Waals surface area (Å²) in [7, 11) is 1.78. The van der Waals surface area contributed by atoms with Gasteiger partial charge in [0.1, 0.15) is 11.7 Å². The number of aryl methyl sites for hydroxylation is 2. The fourth-order valence-corrected chi connectivity index (χ4v) is 9.03. The Labute approximate surface area is 282 Å². The van der Waals surface area contributed by atoms with Crippen molar-refractivity contribution in [2.24, 2.45) is 0 Å². The molecular formula is C40H42N2O6. The van der Waals surface area contributed by atoms with Gasteiger partial charge in [-0.15, -0.1) is 0 Å². The lowest BCUT2D eigenvalue weighted by Crippen LogP contribution is -2.79. The minimum absolute atomic E-state index is 0.0884. The van der Waals surface area contributed by atoms with Gasteiger partial charge in [-0.3, -0.25) is 19.3 Å². The molecule has 48 heavy (non-hydrogen) atoms. The standard InChI is InChI=1S/C40H42N2O6/c1-25-11-12-30(23-26(25)2)13-16-35(45)41(5)32-17-19-40(48-28(4)44)34-24-31-14-15-33(46-27(3)43)37-36(31)39(40,38(32)47-37)20-22-42(34)21-18-29-9-7-6-8-10-29/h6-12,14-15,23,32,34,38H,17-22,24H2,1-5H3/t32-,34-,38+,39+,40-/m1/s1. The van der Waals surface area contributed by atoms with Crippen LogP contribution in [0.5, 0.6) is 11.5 Å². The van der Waals surface area contributed by atoms with Crippen molar-refractivity contribution in [3.63, 3.8) is 0 Å². The van der Waals surface area contributed by atoms with Crippen LogP contribution in [0.25, 0.3) is 0 Å². The fourth-order valence-electron chi connectivity index (χ4n) is 9.03. The Morgan fingerprint density at radius 3 is 2.52 bits per heavy atom. The van der Waals surface area contributed by atoms with Crippen LogP contribution in [0.2, 0.25) is 0 Å². The number of rotatable bonds is 6. The summed E-state index contributed by atoms with van der Waals surface area (Å²) >= 11 is 0. The van der Waals surface area contributed by atoms with Gasteiger partial charge in [-0.05, 0) is 92.9 Å². The maximum Gasteiger partial charge on any atom is 0.308 e. The number of carbonyl (C=O) groups is 3. The van der Waals surface area contributed by atoms with Crippen molar-refractivity contribution in [2.45, 2.75) is 89.0 Å². The van der Waals surface area contributed by atoms with Crippen LogP contribution < -0.4 is 9.47 Å². The first kappa shape index (κ1) is 32.0. The molecule has 8 heteroatoms. The Bertz CT molecular complexity index is 1860. The number of hydrogen-bond donors (Lipinski definition) is 0. The van der Waals surface area contributed by atoms with Gasteiger partial charge in [0.25, 0.3) is 5.91 Å². The molecule has 1 spiro atoms. The molecule has 8 nitrogen and oxygen atoms in total. The monoisotopic (exact) mass is 646 g/mol. The fraction of sp³-hybridized carbons (Fsp3) is 0.425. The number of amides is 1. The molecule has 0 unspecified atom stereocenters. The number of nitrogens with zero attached hydrogens (tertiary/aromatic N) is 2. The highest BCUT2D eigenvalue weighted by atomic mass is 16.6. The maximum absolute atomic E-state index is 13.7. The molecule has 0 aromatic heterocycles. The average Bonchev–Trinajstić information content (AvgIpc) is 3.41. The highest BCUT2D eigenvalue weighted by molar-refractivity contribution is 5.94. The zero-order chi connectivity index (χ0) is 33.8. The molecule has 1 saturated carbocycles. The van der Waals surface area contributed by atoms with E-state index in [0.717, 1.165) is 41.8 Å². The number of benzene rings is 3. The minimum atomic E-state index is -0.892. The molecule has 2 heterocycles. The van der Waals surface area contributed by atoms with Gasteiger partial charge in [0.05, 0.1) is 17.5 Å². The van der Waals surface area contributed by atoms with Gasteiger partial charge in [-0.25, -0.2) is 0 Å². The van der Waals surface area contributed by atoms with Crippen LogP contribution in [-0.4, -0.2) is 71.6 Å². The quantitative estimate of drug-likeness (QED) is 0.210. The summed E-state index contributed by atoms with van der Waals surface area (Å²) in [6, 6.07) is 19.8. The predicted octanol–water partition coefficient (Wildman–Crippen LogP) is 5.08. The minimum Gasteiger partial charge on any atom is -0.483 e.